The lowest BCUT2D eigenvalue weighted by Crippen LogP contribution is -2.62. The molecule has 0 aliphatic heterocycles. The van der Waals surface area contributed by atoms with Crippen molar-refractivity contribution in [2.75, 3.05) is 0 Å². The highest BCUT2D eigenvalue weighted by atomic mass is 14.7. The summed E-state index contributed by atoms with van der Waals surface area (Å²) in [6, 6.07) is 0. The third kappa shape index (κ3) is 1.87. The fourth-order valence-electron chi connectivity index (χ4n) is 10.9. The second-order valence-electron chi connectivity index (χ2n) is 12.0. The molecular weight excluding hydrogens is 288 g/mol. The van der Waals surface area contributed by atoms with Gasteiger partial charge in [-0.2, -0.15) is 0 Å². The van der Waals surface area contributed by atoms with E-state index in [0.29, 0.717) is 0 Å². The van der Waals surface area contributed by atoms with Gasteiger partial charge in [-0.25, -0.2) is 0 Å². The third-order valence-corrected chi connectivity index (χ3v) is 10.9. The fraction of sp³-hybridized carbons (Fsp3) is 1.00. The van der Waals surface area contributed by atoms with Gasteiger partial charge in [-0.15, -0.1) is 0 Å². The lowest BCUT2D eigenvalue weighted by molar-refractivity contribution is -0.202. The molecule has 0 heterocycles. The Labute approximate surface area is 148 Å². The van der Waals surface area contributed by atoms with E-state index in [2.05, 4.69) is 0 Å². The first-order chi connectivity index (χ1) is 11.8. The predicted octanol–water partition coefficient (Wildman–Crippen LogP) is 6.16. The molecule has 11 aliphatic rings. The quantitative estimate of drug-likeness (QED) is 0.501. The summed E-state index contributed by atoms with van der Waals surface area (Å²) in [4.78, 5) is 0. The van der Waals surface area contributed by atoms with Gasteiger partial charge in [-0.05, 0) is 148 Å². The van der Waals surface area contributed by atoms with Crippen molar-refractivity contribution in [3.05, 3.63) is 0 Å². The van der Waals surface area contributed by atoms with Crippen LogP contribution < -0.4 is 0 Å². The van der Waals surface area contributed by atoms with E-state index < -0.39 is 0 Å². The Bertz CT molecular complexity index is 388. The van der Waals surface area contributed by atoms with Crippen molar-refractivity contribution in [2.24, 2.45) is 71.0 Å². The van der Waals surface area contributed by atoms with Crippen LogP contribution in [0.4, 0.5) is 0 Å². The minimum Gasteiger partial charge on any atom is -0.0475 e. The lowest BCUT2D eigenvalue weighted by atomic mass is 9.36. The van der Waals surface area contributed by atoms with Gasteiger partial charge in [0.15, 0.2) is 0 Å². The van der Waals surface area contributed by atoms with Crippen LogP contribution in [-0.2, 0) is 0 Å². The second-order valence-corrected chi connectivity index (χ2v) is 12.0. The summed E-state index contributed by atoms with van der Waals surface area (Å²) in [6.07, 6.45) is 19.6. The molecule has 0 aromatic heterocycles. The molecule has 132 valence electrons. The van der Waals surface area contributed by atoms with Gasteiger partial charge < -0.3 is 0 Å². The Morgan fingerprint density at radius 3 is 0.583 bits per heavy atom. The molecule has 0 heteroatoms. The highest BCUT2D eigenvalue weighted by Crippen LogP contribution is 2.71. The molecule has 11 saturated carbocycles. The van der Waals surface area contributed by atoms with Gasteiger partial charge in [0.05, 0.1) is 0 Å². The first-order valence-corrected chi connectivity index (χ1v) is 11.8. The highest BCUT2D eigenvalue weighted by molar-refractivity contribution is 5.12. The van der Waals surface area contributed by atoms with Crippen LogP contribution in [0.15, 0.2) is 0 Å². The van der Waals surface area contributed by atoms with E-state index in [1.807, 2.05) is 0 Å². The predicted molar refractivity (Wildman–Crippen MR) is 97.3 cm³/mol. The van der Waals surface area contributed by atoms with Gasteiger partial charge in [0.2, 0.25) is 0 Å². The van der Waals surface area contributed by atoms with Crippen LogP contribution in [0.25, 0.3) is 0 Å². The summed E-state index contributed by atoms with van der Waals surface area (Å²) in [6.45, 7) is 0. The van der Waals surface area contributed by atoms with Crippen molar-refractivity contribution >= 4 is 0 Å². The number of rotatable bonds is 0. The summed E-state index contributed by atoms with van der Waals surface area (Å²) >= 11 is 0. The normalized spacial score (nSPS) is 66.0. The fourth-order valence-corrected chi connectivity index (χ4v) is 10.9. The molecule has 11 aliphatic carbocycles. The van der Waals surface area contributed by atoms with Crippen LogP contribution in [0, 0.1) is 71.0 Å². The Morgan fingerprint density at radius 2 is 0.375 bits per heavy atom. The van der Waals surface area contributed by atoms with Gasteiger partial charge in [0.1, 0.15) is 0 Å². The van der Waals surface area contributed by atoms with Crippen molar-refractivity contribution < 1.29 is 0 Å². The third-order valence-electron chi connectivity index (χ3n) is 10.9. The lowest BCUT2D eigenvalue weighted by Gasteiger charge is -2.69. The van der Waals surface area contributed by atoms with Gasteiger partial charge in [0.25, 0.3) is 0 Å². The van der Waals surface area contributed by atoms with Crippen LogP contribution in [-0.4, -0.2) is 0 Å². The monoisotopic (exact) mass is 324 g/mol. The van der Waals surface area contributed by atoms with E-state index in [4.69, 9.17) is 0 Å². The standard InChI is InChI=1S/C14H20.C10H16/c1-7-2-12-10-4-8-5-11(9(1)10)13(3-7)14(12)6-8;1-7-2-9-4-8(1)5-10(3-7)6-9/h7-14H,1-6H2;7-10H,1-6H2. The number of hydrogen-bond donors (Lipinski definition) is 0. The Hall–Kier alpha value is 0. The van der Waals surface area contributed by atoms with Crippen molar-refractivity contribution in [3.63, 3.8) is 0 Å². The van der Waals surface area contributed by atoms with Crippen LogP contribution >= 0.6 is 0 Å². The Morgan fingerprint density at radius 1 is 0.208 bits per heavy atom. The average molecular weight is 325 g/mol. The summed E-state index contributed by atoms with van der Waals surface area (Å²) in [5.41, 5.74) is 0. The maximum Gasteiger partial charge on any atom is -0.0349 e. The first kappa shape index (κ1) is 14.1. The maximum atomic E-state index is 1.65. The number of hydrogen-bond acceptors (Lipinski definition) is 0. The minimum absolute atomic E-state index is 1.18. The highest BCUT2D eigenvalue weighted by Gasteiger charge is 2.63. The zero-order valence-corrected chi connectivity index (χ0v) is 15.4. The molecule has 0 aromatic carbocycles. The largest absolute Gasteiger partial charge is 0.0475 e. The summed E-state index contributed by atoms with van der Waals surface area (Å²) < 4.78 is 0. The molecule has 0 amide bonds. The molecule has 0 spiro atoms. The molecule has 0 N–H and O–H groups in total. The molecule has 12 bridgehead atoms. The molecule has 0 nitrogen and oxygen atoms in total. The zero-order chi connectivity index (χ0) is 15.4. The summed E-state index contributed by atoms with van der Waals surface area (Å²) in [5.74, 6) is 14.4. The van der Waals surface area contributed by atoms with E-state index in [1.54, 1.807) is 77.0 Å². The van der Waals surface area contributed by atoms with Crippen molar-refractivity contribution in [1.29, 1.82) is 0 Å². The molecule has 0 atom stereocenters. The molecular formula is C24H36. The smallest absolute Gasteiger partial charge is 0.0349 e. The summed E-state index contributed by atoms with van der Waals surface area (Å²) in [5, 5.41) is 0. The SMILES string of the molecule is C1C2CC3C4CC5CC(C14)C(C2)C3C5.C1C2CC3CC1CC(C2)C3. The maximum absolute atomic E-state index is 1.65. The van der Waals surface area contributed by atoms with Gasteiger partial charge >= 0.3 is 0 Å². The molecule has 0 unspecified atom stereocenters. The molecule has 0 radical (unpaired) electrons. The Balaban J connectivity index is 0.0000000996. The van der Waals surface area contributed by atoms with Crippen molar-refractivity contribution in [2.45, 2.75) is 77.0 Å². The van der Waals surface area contributed by atoms with Crippen LogP contribution in [0.3, 0.4) is 0 Å². The molecule has 11 rings (SSSR count). The Kier molecular flexibility index (Phi) is 2.84. The van der Waals surface area contributed by atoms with E-state index in [-0.39, 0.29) is 0 Å². The first-order valence-electron chi connectivity index (χ1n) is 11.8. The van der Waals surface area contributed by atoms with Gasteiger partial charge in [-0.3, -0.25) is 0 Å². The van der Waals surface area contributed by atoms with E-state index in [0.717, 1.165) is 0 Å². The van der Waals surface area contributed by atoms with Crippen LogP contribution in [0.1, 0.15) is 77.0 Å². The van der Waals surface area contributed by atoms with E-state index in [1.165, 1.54) is 71.0 Å². The molecule has 0 saturated heterocycles. The van der Waals surface area contributed by atoms with Crippen molar-refractivity contribution in [1.82, 2.24) is 0 Å². The molecule has 0 aromatic rings. The van der Waals surface area contributed by atoms with Crippen molar-refractivity contribution in [3.8, 4) is 0 Å². The molecule has 11 fully saturated rings. The van der Waals surface area contributed by atoms with Crippen LogP contribution in [0.5, 0.6) is 0 Å². The average Bonchev–Trinajstić information content (AvgIpc) is 2.58. The minimum atomic E-state index is 1.18. The zero-order valence-electron chi connectivity index (χ0n) is 15.4. The summed E-state index contributed by atoms with van der Waals surface area (Å²) in [7, 11) is 0. The van der Waals surface area contributed by atoms with E-state index >= 15 is 0 Å². The van der Waals surface area contributed by atoms with Gasteiger partial charge in [-0.1, -0.05) is 0 Å². The van der Waals surface area contributed by atoms with Gasteiger partial charge in [0, 0.05) is 0 Å². The van der Waals surface area contributed by atoms with Crippen LogP contribution in [0.2, 0.25) is 0 Å². The molecule has 24 heavy (non-hydrogen) atoms. The second kappa shape index (κ2) is 4.83. The topological polar surface area (TPSA) is 0 Å². The van der Waals surface area contributed by atoms with E-state index in [9.17, 15) is 0 Å².